The molecule has 2 aliphatic rings. The number of aliphatic hydroxyl groups is 1. The van der Waals surface area contributed by atoms with Crippen molar-refractivity contribution in [1.82, 2.24) is 4.72 Å². The fourth-order valence-corrected chi connectivity index (χ4v) is 5.33. The zero-order valence-corrected chi connectivity index (χ0v) is 14.1. The third kappa shape index (κ3) is 5.53. The van der Waals surface area contributed by atoms with Crippen molar-refractivity contribution >= 4 is 10.0 Å². The predicted octanol–water partition coefficient (Wildman–Crippen LogP) is 2.82. The molecule has 2 saturated carbocycles. The largest absolute Gasteiger partial charge is 0.389 e. The van der Waals surface area contributed by atoms with Gasteiger partial charge < -0.3 is 5.11 Å². The van der Waals surface area contributed by atoms with Crippen molar-refractivity contribution in [2.45, 2.75) is 76.7 Å². The van der Waals surface area contributed by atoms with Crippen LogP contribution < -0.4 is 4.72 Å². The highest BCUT2D eigenvalue weighted by Crippen LogP contribution is 2.33. The van der Waals surface area contributed by atoms with Gasteiger partial charge >= 0.3 is 0 Å². The predicted molar refractivity (Wildman–Crippen MR) is 85.6 cm³/mol. The molecule has 0 aromatic rings. The molecule has 0 atom stereocenters. The zero-order chi connectivity index (χ0) is 15.3. The lowest BCUT2D eigenvalue weighted by Crippen LogP contribution is -2.46. The molecule has 0 amide bonds. The molecule has 0 bridgehead atoms. The summed E-state index contributed by atoms with van der Waals surface area (Å²) in [5, 5.41) is 10.5. The van der Waals surface area contributed by atoms with E-state index < -0.39 is 15.6 Å². The lowest BCUT2D eigenvalue weighted by atomic mass is 9.78. The number of hydrogen-bond acceptors (Lipinski definition) is 3. The molecule has 5 heteroatoms. The maximum atomic E-state index is 12.2. The molecular formula is C16H31NO3S. The van der Waals surface area contributed by atoms with Gasteiger partial charge in [0.05, 0.1) is 11.4 Å². The van der Waals surface area contributed by atoms with Crippen molar-refractivity contribution < 1.29 is 13.5 Å². The topological polar surface area (TPSA) is 66.4 Å². The van der Waals surface area contributed by atoms with Gasteiger partial charge in [0, 0.05) is 6.54 Å². The third-order valence-electron chi connectivity index (χ3n) is 5.41. The Hall–Kier alpha value is -0.130. The Morgan fingerprint density at radius 3 is 2.24 bits per heavy atom. The molecule has 0 saturated heterocycles. The Morgan fingerprint density at radius 1 is 1.05 bits per heavy atom. The normalized spacial score (nSPS) is 32.2. The molecule has 0 aromatic carbocycles. The molecule has 0 aliphatic heterocycles. The number of nitrogens with one attached hydrogen (secondary N) is 1. The van der Waals surface area contributed by atoms with E-state index >= 15 is 0 Å². The van der Waals surface area contributed by atoms with Gasteiger partial charge in [-0.15, -0.1) is 0 Å². The molecule has 0 radical (unpaired) electrons. The van der Waals surface area contributed by atoms with Crippen LogP contribution in [0.5, 0.6) is 0 Å². The number of rotatable bonds is 6. The smallest absolute Gasteiger partial charge is 0.211 e. The van der Waals surface area contributed by atoms with E-state index in [-0.39, 0.29) is 12.3 Å². The van der Waals surface area contributed by atoms with Gasteiger partial charge in [0.15, 0.2) is 0 Å². The van der Waals surface area contributed by atoms with Crippen molar-refractivity contribution in [3.63, 3.8) is 0 Å². The van der Waals surface area contributed by atoms with Gasteiger partial charge in [-0.05, 0) is 50.4 Å². The summed E-state index contributed by atoms with van der Waals surface area (Å²) in [6, 6.07) is 0. The van der Waals surface area contributed by atoms with E-state index in [9.17, 15) is 13.5 Å². The summed E-state index contributed by atoms with van der Waals surface area (Å²) in [5.74, 6) is 1.24. The molecular weight excluding hydrogens is 286 g/mol. The highest BCUT2D eigenvalue weighted by atomic mass is 32.2. The van der Waals surface area contributed by atoms with Crippen LogP contribution in [0.4, 0.5) is 0 Å². The van der Waals surface area contributed by atoms with E-state index in [2.05, 4.69) is 11.6 Å². The van der Waals surface area contributed by atoms with Gasteiger partial charge in [-0.2, -0.15) is 0 Å². The molecule has 2 aliphatic carbocycles. The first kappa shape index (κ1) is 17.2. The van der Waals surface area contributed by atoms with E-state index in [4.69, 9.17) is 0 Å². The Bertz CT molecular complexity index is 407. The van der Waals surface area contributed by atoms with Gasteiger partial charge in [0.2, 0.25) is 10.0 Å². The molecule has 2 rings (SSSR count). The third-order valence-corrected chi connectivity index (χ3v) is 6.91. The summed E-state index contributed by atoms with van der Waals surface area (Å²) in [6.45, 7) is 2.38. The minimum Gasteiger partial charge on any atom is -0.389 e. The lowest BCUT2D eigenvalue weighted by Gasteiger charge is -2.36. The molecule has 0 aromatic heterocycles. The maximum Gasteiger partial charge on any atom is 0.211 e. The summed E-state index contributed by atoms with van der Waals surface area (Å²) in [5.41, 5.74) is -0.828. The minimum atomic E-state index is -3.25. The van der Waals surface area contributed by atoms with Crippen molar-refractivity contribution in [3.05, 3.63) is 0 Å². The van der Waals surface area contributed by atoms with Gasteiger partial charge in [0.1, 0.15) is 0 Å². The molecule has 124 valence electrons. The van der Waals surface area contributed by atoms with Crippen LogP contribution in [-0.2, 0) is 10.0 Å². The Labute approximate surface area is 129 Å². The summed E-state index contributed by atoms with van der Waals surface area (Å²) >= 11 is 0. The van der Waals surface area contributed by atoms with Crippen LogP contribution in [0.3, 0.4) is 0 Å². The van der Waals surface area contributed by atoms with Crippen molar-refractivity contribution in [1.29, 1.82) is 0 Å². The molecule has 2 N–H and O–H groups in total. The SMILES string of the molecule is CCC1CCC(O)(CNS(=O)(=O)CC2CCCCC2)CC1. The second kappa shape index (κ2) is 7.42. The first-order valence-electron chi connectivity index (χ1n) is 8.62. The maximum absolute atomic E-state index is 12.2. The van der Waals surface area contributed by atoms with Crippen molar-refractivity contribution in [2.24, 2.45) is 11.8 Å². The summed E-state index contributed by atoms with van der Waals surface area (Å²) < 4.78 is 27.0. The van der Waals surface area contributed by atoms with Crippen LogP contribution in [0.15, 0.2) is 0 Å². The molecule has 0 spiro atoms. The second-order valence-corrected chi connectivity index (χ2v) is 9.03. The first-order valence-corrected chi connectivity index (χ1v) is 10.3. The zero-order valence-electron chi connectivity index (χ0n) is 13.3. The van der Waals surface area contributed by atoms with Crippen molar-refractivity contribution in [3.8, 4) is 0 Å². The van der Waals surface area contributed by atoms with Crippen LogP contribution in [0.1, 0.15) is 71.1 Å². The molecule has 21 heavy (non-hydrogen) atoms. The standard InChI is InChI=1S/C16H31NO3S/c1-2-14-8-10-16(18,11-9-14)13-17-21(19,20)12-15-6-4-3-5-7-15/h14-15,17-18H,2-13H2,1H3. The average molecular weight is 317 g/mol. The first-order chi connectivity index (χ1) is 9.92. The van der Waals surface area contributed by atoms with E-state index in [1.807, 2.05) is 0 Å². The van der Waals surface area contributed by atoms with Gasteiger partial charge in [0.25, 0.3) is 0 Å². The van der Waals surface area contributed by atoms with Crippen LogP contribution in [0, 0.1) is 11.8 Å². The fourth-order valence-electron chi connectivity index (χ4n) is 3.77. The van der Waals surface area contributed by atoms with E-state index in [1.165, 1.54) is 6.42 Å². The molecule has 4 nitrogen and oxygen atoms in total. The highest BCUT2D eigenvalue weighted by Gasteiger charge is 2.34. The second-order valence-electron chi connectivity index (χ2n) is 7.18. The fraction of sp³-hybridized carbons (Fsp3) is 1.00. The summed E-state index contributed by atoms with van der Waals surface area (Å²) in [6.07, 6.45) is 10.2. The minimum absolute atomic E-state index is 0.193. The Balaban J connectivity index is 1.78. The summed E-state index contributed by atoms with van der Waals surface area (Å²) in [4.78, 5) is 0. The number of sulfonamides is 1. The van der Waals surface area contributed by atoms with E-state index in [1.54, 1.807) is 0 Å². The van der Waals surface area contributed by atoms with Gasteiger partial charge in [-0.1, -0.05) is 32.6 Å². The molecule has 0 unspecified atom stereocenters. The van der Waals surface area contributed by atoms with Crippen molar-refractivity contribution in [2.75, 3.05) is 12.3 Å². The van der Waals surface area contributed by atoms with E-state index in [0.29, 0.717) is 11.8 Å². The van der Waals surface area contributed by atoms with Crippen LogP contribution >= 0.6 is 0 Å². The van der Waals surface area contributed by atoms with Gasteiger partial charge in [-0.25, -0.2) is 13.1 Å². The highest BCUT2D eigenvalue weighted by molar-refractivity contribution is 7.89. The molecule has 0 heterocycles. The number of hydrogen-bond donors (Lipinski definition) is 2. The Morgan fingerprint density at radius 2 is 1.67 bits per heavy atom. The van der Waals surface area contributed by atoms with Crippen LogP contribution in [-0.4, -0.2) is 31.4 Å². The lowest BCUT2D eigenvalue weighted by molar-refractivity contribution is -0.00444. The quantitative estimate of drug-likeness (QED) is 0.791. The molecule has 2 fully saturated rings. The Kier molecular flexibility index (Phi) is 6.09. The average Bonchev–Trinajstić information content (AvgIpc) is 2.47. The van der Waals surface area contributed by atoms with Gasteiger partial charge in [-0.3, -0.25) is 0 Å². The van der Waals surface area contributed by atoms with Crippen LogP contribution in [0.2, 0.25) is 0 Å². The summed E-state index contributed by atoms with van der Waals surface area (Å²) in [7, 11) is -3.25. The van der Waals surface area contributed by atoms with E-state index in [0.717, 1.165) is 57.8 Å². The van der Waals surface area contributed by atoms with Crippen LogP contribution in [0.25, 0.3) is 0 Å². The monoisotopic (exact) mass is 317 g/mol.